The van der Waals surface area contributed by atoms with Gasteiger partial charge < -0.3 is 9.47 Å². The van der Waals surface area contributed by atoms with Gasteiger partial charge in [0.1, 0.15) is 11.8 Å². The molecule has 3 aromatic rings. The Bertz CT molecular complexity index is 1580. The van der Waals surface area contributed by atoms with Crippen LogP contribution in [0.3, 0.4) is 0 Å². The second kappa shape index (κ2) is 11.1. The number of benzene rings is 2. The summed E-state index contributed by atoms with van der Waals surface area (Å²) in [6.07, 6.45) is 1.79. The van der Waals surface area contributed by atoms with E-state index in [1.807, 2.05) is 49.4 Å². The molecule has 184 valence electrons. The second-order valence-electron chi connectivity index (χ2n) is 7.97. The molecule has 2 heterocycles. The van der Waals surface area contributed by atoms with E-state index in [2.05, 4.69) is 43.5 Å². The Morgan fingerprint density at radius 1 is 1.31 bits per heavy atom. The molecule has 7 nitrogen and oxygen atoms in total. The Hall–Kier alpha value is -2.75. The van der Waals surface area contributed by atoms with Crippen molar-refractivity contribution in [2.24, 2.45) is 4.99 Å². The van der Waals surface area contributed by atoms with Gasteiger partial charge in [-0.3, -0.25) is 9.36 Å². The van der Waals surface area contributed by atoms with Crippen molar-refractivity contribution in [1.29, 1.82) is 5.26 Å². The minimum atomic E-state index is -0.642. The van der Waals surface area contributed by atoms with Crippen LogP contribution in [-0.4, -0.2) is 23.8 Å². The predicted molar refractivity (Wildman–Crippen MR) is 150 cm³/mol. The smallest absolute Gasteiger partial charge is 0.338 e. The zero-order valence-corrected chi connectivity index (χ0v) is 24.2. The van der Waals surface area contributed by atoms with Crippen LogP contribution < -0.4 is 19.6 Å². The number of nitrogens with zero attached hydrogens (tertiary/aromatic N) is 3. The number of hydrogen-bond donors (Lipinski definition) is 0. The molecule has 0 radical (unpaired) electrons. The average molecular weight is 678 g/mol. The number of aromatic nitrogens is 1. The highest BCUT2D eigenvalue weighted by atomic mass is 127. The predicted octanol–water partition coefficient (Wildman–Crippen LogP) is 4.38. The molecule has 0 saturated carbocycles. The molecular weight excluding hydrogens is 657 g/mol. The average Bonchev–Trinajstić information content (AvgIpc) is 3.12. The molecule has 36 heavy (non-hydrogen) atoms. The third-order valence-electron chi connectivity index (χ3n) is 5.51. The third kappa shape index (κ3) is 5.19. The Balaban J connectivity index is 1.89. The van der Waals surface area contributed by atoms with Gasteiger partial charge in [0, 0.05) is 0 Å². The van der Waals surface area contributed by atoms with Crippen molar-refractivity contribution in [3.8, 4) is 11.8 Å². The van der Waals surface area contributed by atoms with Gasteiger partial charge in [-0.15, -0.1) is 0 Å². The lowest BCUT2D eigenvalue weighted by molar-refractivity contribution is -0.139. The van der Waals surface area contributed by atoms with E-state index in [0.717, 1.165) is 20.3 Å². The molecule has 0 spiro atoms. The van der Waals surface area contributed by atoms with E-state index in [4.69, 9.17) is 14.7 Å². The maximum absolute atomic E-state index is 13.7. The van der Waals surface area contributed by atoms with Crippen LogP contribution in [0.1, 0.15) is 36.6 Å². The molecular formula is C26H21BrIN3O4S. The minimum Gasteiger partial charge on any atom is -0.476 e. The van der Waals surface area contributed by atoms with Gasteiger partial charge in [0.15, 0.2) is 11.4 Å². The minimum absolute atomic E-state index is 0.0618. The molecule has 4 rings (SSSR count). The Morgan fingerprint density at radius 3 is 2.67 bits per heavy atom. The maximum atomic E-state index is 13.7. The Morgan fingerprint density at radius 2 is 2.03 bits per heavy atom. The number of allylic oxidation sites excluding steroid dienone is 1. The van der Waals surface area contributed by atoms with Gasteiger partial charge in [-0.25, -0.2) is 9.79 Å². The van der Waals surface area contributed by atoms with Crippen LogP contribution in [0.15, 0.2) is 61.9 Å². The van der Waals surface area contributed by atoms with Crippen LogP contribution in [0.5, 0.6) is 5.75 Å². The molecule has 10 heteroatoms. The first-order valence-electron chi connectivity index (χ1n) is 11.0. The Kier molecular flexibility index (Phi) is 8.12. The van der Waals surface area contributed by atoms with E-state index < -0.39 is 12.0 Å². The number of hydrogen-bond acceptors (Lipinski definition) is 7. The van der Waals surface area contributed by atoms with Gasteiger partial charge >= 0.3 is 5.97 Å². The standard InChI is InChI=1S/C26H21BrIN3O4S/c1-4-34-25(33)21-15(3)30-26-31(22(21)17-7-5-14(2)6-8-17)24(32)20(36-26)13-16-11-18(27)23(19(28)12-16)35-10-9-29/h5-8,11-13,22H,4,10H2,1-3H3/b20-13+/t22-/m0/s1. The van der Waals surface area contributed by atoms with Gasteiger partial charge in [0.25, 0.3) is 5.56 Å². The SMILES string of the molecule is CCOC(=O)C1=C(C)N=c2s/c(=C/c3cc(Br)c(OCC#N)c(I)c3)c(=O)n2[C@H]1c1ccc(C)cc1. The third-order valence-corrected chi connectivity index (χ3v) is 7.88. The summed E-state index contributed by atoms with van der Waals surface area (Å²) in [7, 11) is 0. The van der Waals surface area contributed by atoms with Gasteiger partial charge in [-0.05, 0) is 88.6 Å². The summed E-state index contributed by atoms with van der Waals surface area (Å²) in [6.45, 7) is 5.67. The van der Waals surface area contributed by atoms with Crippen molar-refractivity contribution in [2.75, 3.05) is 13.2 Å². The van der Waals surface area contributed by atoms with Gasteiger partial charge in [0.05, 0.1) is 36.5 Å². The largest absolute Gasteiger partial charge is 0.476 e. The van der Waals surface area contributed by atoms with Crippen molar-refractivity contribution in [3.63, 3.8) is 0 Å². The summed E-state index contributed by atoms with van der Waals surface area (Å²) in [5, 5.41) is 8.81. The summed E-state index contributed by atoms with van der Waals surface area (Å²) in [6, 6.07) is 12.8. The molecule has 0 unspecified atom stereocenters. The fourth-order valence-corrected chi connectivity index (χ4v) is 6.73. The highest BCUT2D eigenvalue weighted by molar-refractivity contribution is 14.1. The number of carbonyl (C=O) groups is 1. The van der Waals surface area contributed by atoms with E-state index in [9.17, 15) is 9.59 Å². The number of ether oxygens (including phenoxy) is 2. The van der Waals surface area contributed by atoms with E-state index >= 15 is 0 Å². The lowest BCUT2D eigenvalue weighted by Crippen LogP contribution is -2.39. The van der Waals surface area contributed by atoms with Crippen molar-refractivity contribution < 1.29 is 14.3 Å². The molecule has 0 aliphatic carbocycles. The van der Waals surface area contributed by atoms with Crippen LogP contribution >= 0.6 is 49.9 Å². The van der Waals surface area contributed by atoms with Gasteiger partial charge in [-0.2, -0.15) is 5.26 Å². The molecule has 0 amide bonds. The van der Waals surface area contributed by atoms with Crippen LogP contribution in [0.2, 0.25) is 0 Å². The number of aryl methyl sites for hydroxylation is 1. The fraction of sp³-hybridized carbons (Fsp3) is 0.231. The summed E-state index contributed by atoms with van der Waals surface area (Å²) < 4.78 is 14.4. The van der Waals surface area contributed by atoms with Crippen LogP contribution in [0, 0.1) is 21.8 Å². The number of nitriles is 1. The molecule has 0 fully saturated rings. The zero-order chi connectivity index (χ0) is 26.0. The van der Waals surface area contributed by atoms with E-state index in [0.29, 0.717) is 30.8 Å². The molecule has 0 N–H and O–H groups in total. The van der Waals surface area contributed by atoms with Gasteiger partial charge in [-0.1, -0.05) is 41.2 Å². The molecule has 1 aliphatic heterocycles. The molecule has 0 saturated heterocycles. The summed E-state index contributed by atoms with van der Waals surface area (Å²) in [5.74, 6) is 0.0925. The first-order valence-corrected chi connectivity index (χ1v) is 13.7. The lowest BCUT2D eigenvalue weighted by atomic mass is 9.95. The highest BCUT2D eigenvalue weighted by Crippen LogP contribution is 2.33. The van der Waals surface area contributed by atoms with Crippen molar-refractivity contribution in [2.45, 2.75) is 26.8 Å². The quantitative estimate of drug-likeness (QED) is 0.285. The van der Waals surface area contributed by atoms with Crippen molar-refractivity contribution >= 4 is 61.9 Å². The monoisotopic (exact) mass is 677 g/mol. The zero-order valence-electron chi connectivity index (χ0n) is 19.7. The van der Waals surface area contributed by atoms with Gasteiger partial charge in [0.2, 0.25) is 0 Å². The topological polar surface area (TPSA) is 93.7 Å². The van der Waals surface area contributed by atoms with Crippen LogP contribution in [0.4, 0.5) is 0 Å². The van der Waals surface area contributed by atoms with Crippen molar-refractivity contribution in [3.05, 3.63) is 92.1 Å². The number of fused-ring (bicyclic) bond motifs is 1. The fourth-order valence-electron chi connectivity index (χ4n) is 3.91. The molecule has 1 aliphatic rings. The first kappa shape index (κ1) is 26.3. The molecule has 1 aromatic heterocycles. The van der Waals surface area contributed by atoms with E-state index in [1.165, 1.54) is 11.3 Å². The lowest BCUT2D eigenvalue weighted by Gasteiger charge is -2.24. The van der Waals surface area contributed by atoms with Crippen LogP contribution in [-0.2, 0) is 9.53 Å². The van der Waals surface area contributed by atoms with Crippen molar-refractivity contribution in [1.82, 2.24) is 4.57 Å². The molecule has 2 aromatic carbocycles. The van der Waals surface area contributed by atoms with E-state index in [1.54, 1.807) is 24.5 Å². The second-order valence-corrected chi connectivity index (χ2v) is 11.0. The first-order chi connectivity index (χ1) is 17.2. The summed E-state index contributed by atoms with van der Waals surface area (Å²) >= 11 is 6.89. The normalized spacial score (nSPS) is 15.2. The molecule has 0 bridgehead atoms. The highest BCUT2D eigenvalue weighted by Gasteiger charge is 2.33. The molecule has 1 atom stereocenters. The Labute approximate surface area is 233 Å². The van der Waals surface area contributed by atoms with E-state index in [-0.39, 0.29) is 18.8 Å². The number of thiazole rings is 1. The summed E-state index contributed by atoms with van der Waals surface area (Å²) in [4.78, 5) is 31.8. The van der Waals surface area contributed by atoms with Crippen LogP contribution in [0.25, 0.3) is 6.08 Å². The number of esters is 1. The number of rotatable bonds is 6. The summed E-state index contributed by atoms with van der Waals surface area (Å²) in [5.41, 5.74) is 3.32. The number of halogens is 2. The number of carbonyl (C=O) groups excluding carboxylic acids is 1. The maximum Gasteiger partial charge on any atom is 0.338 e.